The van der Waals surface area contributed by atoms with E-state index in [1.807, 2.05) is 42.5 Å². The number of aromatic nitrogens is 7. The van der Waals surface area contributed by atoms with Crippen LogP contribution in [0.5, 0.6) is 0 Å². The molecule has 0 saturated heterocycles. The van der Waals surface area contributed by atoms with Crippen LogP contribution >= 0.6 is 0 Å². The van der Waals surface area contributed by atoms with Crippen molar-refractivity contribution in [3.8, 4) is 22.6 Å². The van der Waals surface area contributed by atoms with Gasteiger partial charge in [0.15, 0.2) is 11.5 Å². The molecule has 0 aliphatic carbocycles. The van der Waals surface area contributed by atoms with E-state index in [0.717, 1.165) is 15.8 Å². The Morgan fingerprint density at radius 1 is 0.938 bits per heavy atom. The van der Waals surface area contributed by atoms with Gasteiger partial charge in [-0.3, -0.25) is 14.6 Å². The number of anilines is 1. The molecular formula is C22H16N8O2. The van der Waals surface area contributed by atoms with Crippen molar-refractivity contribution in [3.63, 3.8) is 0 Å². The number of hydrogen-bond donors (Lipinski definition) is 1. The molecular weight excluding hydrogens is 408 g/mol. The molecule has 0 atom stereocenters. The number of carbonyl (C=O) groups excluding carboxylic acids is 1. The Bertz CT molecular complexity index is 1510. The van der Waals surface area contributed by atoms with Crippen LogP contribution in [0, 0.1) is 0 Å². The second-order valence-corrected chi connectivity index (χ2v) is 6.97. The van der Waals surface area contributed by atoms with Crippen LogP contribution < -0.4 is 10.9 Å². The largest absolute Gasteiger partial charge is 0.321 e. The van der Waals surface area contributed by atoms with Crippen LogP contribution in [0.1, 0.15) is 10.5 Å². The number of benzene rings is 1. The zero-order valence-corrected chi connectivity index (χ0v) is 16.9. The molecule has 156 valence electrons. The summed E-state index contributed by atoms with van der Waals surface area (Å²) in [6.07, 6.45) is 3.39. The third-order valence-electron chi connectivity index (χ3n) is 4.79. The average molecular weight is 424 g/mol. The standard InChI is InChI=1S/C22H16N8O2/c1-29-20(31)10-8-18(27-29)22(32)24-16-6-2-4-14(12-16)17-7-9-19-25-26-21(30(19)28-17)15-5-3-11-23-13-15/h2-13H,1H3,(H,24,32). The van der Waals surface area contributed by atoms with Crippen molar-refractivity contribution in [3.05, 3.63) is 89.1 Å². The Morgan fingerprint density at radius 2 is 1.81 bits per heavy atom. The summed E-state index contributed by atoms with van der Waals surface area (Å²) in [5.74, 6) is 0.166. The first-order valence-corrected chi connectivity index (χ1v) is 9.67. The molecule has 10 nitrogen and oxygen atoms in total. The Labute approximate surface area is 181 Å². The van der Waals surface area contributed by atoms with Crippen LogP contribution in [-0.2, 0) is 7.05 Å². The minimum Gasteiger partial charge on any atom is -0.321 e. The van der Waals surface area contributed by atoms with Gasteiger partial charge in [-0.2, -0.15) is 14.7 Å². The summed E-state index contributed by atoms with van der Waals surface area (Å²) in [5.41, 5.74) is 3.31. The number of rotatable bonds is 4. The normalized spacial score (nSPS) is 10.9. The fraction of sp³-hybridized carbons (Fsp3) is 0.0455. The van der Waals surface area contributed by atoms with Gasteiger partial charge in [-0.05, 0) is 42.5 Å². The monoisotopic (exact) mass is 424 g/mol. The summed E-state index contributed by atoms with van der Waals surface area (Å²) in [5, 5.41) is 19.9. The van der Waals surface area contributed by atoms with Gasteiger partial charge in [0.05, 0.1) is 5.69 Å². The molecule has 0 bridgehead atoms. The van der Waals surface area contributed by atoms with Crippen molar-refractivity contribution >= 4 is 17.2 Å². The SMILES string of the molecule is Cn1nc(C(=O)Nc2cccc(-c3ccc4nnc(-c5cccnc5)n4n3)c2)ccc1=O. The molecule has 4 aromatic heterocycles. The van der Waals surface area contributed by atoms with Gasteiger partial charge in [0.2, 0.25) is 0 Å². The van der Waals surface area contributed by atoms with Crippen LogP contribution in [0.2, 0.25) is 0 Å². The molecule has 10 heteroatoms. The number of aryl methyl sites for hydroxylation is 1. The highest BCUT2D eigenvalue weighted by atomic mass is 16.2. The van der Waals surface area contributed by atoms with Gasteiger partial charge >= 0.3 is 0 Å². The van der Waals surface area contributed by atoms with E-state index in [-0.39, 0.29) is 11.3 Å². The summed E-state index contributed by atoms with van der Waals surface area (Å²) in [7, 11) is 1.49. The number of hydrogen-bond acceptors (Lipinski definition) is 7. The molecule has 32 heavy (non-hydrogen) atoms. The summed E-state index contributed by atoms with van der Waals surface area (Å²) in [6.45, 7) is 0. The molecule has 1 amide bonds. The number of fused-ring (bicyclic) bond motifs is 1. The summed E-state index contributed by atoms with van der Waals surface area (Å²) in [6, 6.07) is 17.4. The van der Waals surface area contributed by atoms with E-state index in [2.05, 4.69) is 30.7 Å². The lowest BCUT2D eigenvalue weighted by molar-refractivity contribution is 0.102. The highest BCUT2D eigenvalue weighted by Gasteiger charge is 2.13. The molecule has 0 unspecified atom stereocenters. The van der Waals surface area contributed by atoms with Crippen molar-refractivity contribution in [2.45, 2.75) is 0 Å². The van der Waals surface area contributed by atoms with E-state index >= 15 is 0 Å². The lowest BCUT2D eigenvalue weighted by atomic mass is 10.1. The van der Waals surface area contributed by atoms with Crippen molar-refractivity contribution in [1.82, 2.24) is 34.6 Å². The number of nitrogens with one attached hydrogen (secondary N) is 1. The maximum absolute atomic E-state index is 12.5. The molecule has 4 heterocycles. The van der Waals surface area contributed by atoms with E-state index in [0.29, 0.717) is 22.9 Å². The predicted octanol–water partition coefficient (Wildman–Crippen LogP) is 2.20. The molecule has 0 aliphatic heterocycles. The zero-order chi connectivity index (χ0) is 22.1. The molecule has 0 saturated carbocycles. The van der Waals surface area contributed by atoms with Crippen molar-refractivity contribution in [1.29, 1.82) is 0 Å². The topological polar surface area (TPSA) is 120 Å². The first-order chi connectivity index (χ1) is 15.6. The molecule has 0 aliphatic rings. The molecule has 1 N–H and O–H groups in total. The molecule has 1 aromatic carbocycles. The quantitative estimate of drug-likeness (QED) is 0.470. The number of pyridine rings is 1. The van der Waals surface area contributed by atoms with Crippen LogP contribution in [0.25, 0.3) is 28.3 Å². The Hall–Kier alpha value is -4.73. The lowest BCUT2D eigenvalue weighted by Gasteiger charge is -2.08. The fourth-order valence-electron chi connectivity index (χ4n) is 3.19. The van der Waals surface area contributed by atoms with E-state index in [1.165, 1.54) is 19.2 Å². The fourth-order valence-corrected chi connectivity index (χ4v) is 3.19. The highest BCUT2D eigenvalue weighted by Crippen LogP contribution is 2.23. The van der Waals surface area contributed by atoms with Crippen molar-refractivity contribution < 1.29 is 4.79 Å². The molecule has 5 rings (SSSR count). The maximum atomic E-state index is 12.5. The van der Waals surface area contributed by atoms with Gasteiger partial charge < -0.3 is 5.32 Å². The second-order valence-electron chi connectivity index (χ2n) is 6.97. The highest BCUT2D eigenvalue weighted by molar-refractivity contribution is 6.03. The minimum atomic E-state index is -0.418. The lowest BCUT2D eigenvalue weighted by Crippen LogP contribution is -2.23. The zero-order valence-electron chi connectivity index (χ0n) is 16.9. The Kier molecular flexibility index (Phi) is 4.71. The molecule has 0 fully saturated rings. The van der Waals surface area contributed by atoms with Crippen LogP contribution in [0.3, 0.4) is 0 Å². The average Bonchev–Trinajstić information content (AvgIpc) is 3.25. The van der Waals surface area contributed by atoms with Gasteiger partial charge in [0.25, 0.3) is 11.5 Å². The number of amides is 1. The molecule has 0 spiro atoms. The number of carbonyl (C=O) groups is 1. The van der Waals surface area contributed by atoms with Gasteiger partial charge in [-0.1, -0.05) is 12.1 Å². The smallest absolute Gasteiger partial charge is 0.276 e. The maximum Gasteiger partial charge on any atom is 0.276 e. The third-order valence-corrected chi connectivity index (χ3v) is 4.79. The summed E-state index contributed by atoms with van der Waals surface area (Å²) < 4.78 is 2.77. The van der Waals surface area contributed by atoms with Crippen molar-refractivity contribution in [2.75, 3.05) is 5.32 Å². The Morgan fingerprint density at radius 3 is 2.62 bits per heavy atom. The van der Waals surface area contributed by atoms with Gasteiger partial charge in [-0.15, -0.1) is 10.2 Å². The minimum absolute atomic E-state index is 0.141. The van der Waals surface area contributed by atoms with Crippen molar-refractivity contribution in [2.24, 2.45) is 7.05 Å². The first-order valence-electron chi connectivity index (χ1n) is 9.67. The number of nitrogens with zero attached hydrogens (tertiary/aromatic N) is 7. The molecule has 0 radical (unpaired) electrons. The van der Waals surface area contributed by atoms with Crippen LogP contribution in [-0.4, -0.2) is 40.5 Å². The van der Waals surface area contributed by atoms with E-state index in [9.17, 15) is 9.59 Å². The van der Waals surface area contributed by atoms with E-state index in [4.69, 9.17) is 0 Å². The van der Waals surface area contributed by atoms with Gasteiger partial charge in [0, 0.05) is 42.3 Å². The van der Waals surface area contributed by atoms with Gasteiger partial charge in [-0.25, -0.2) is 4.68 Å². The third kappa shape index (κ3) is 3.60. The molecule has 5 aromatic rings. The van der Waals surface area contributed by atoms with E-state index < -0.39 is 5.91 Å². The van der Waals surface area contributed by atoms with E-state index in [1.54, 1.807) is 23.0 Å². The predicted molar refractivity (Wildman–Crippen MR) is 117 cm³/mol. The van der Waals surface area contributed by atoms with Gasteiger partial charge in [0.1, 0.15) is 5.69 Å². The van der Waals surface area contributed by atoms with Crippen LogP contribution in [0.15, 0.2) is 77.9 Å². The Balaban J connectivity index is 1.47. The van der Waals surface area contributed by atoms with Crippen LogP contribution in [0.4, 0.5) is 5.69 Å². The summed E-state index contributed by atoms with van der Waals surface area (Å²) in [4.78, 5) is 28.2. The summed E-state index contributed by atoms with van der Waals surface area (Å²) >= 11 is 0. The second kappa shape index (κ2) is 7.84. The first kappa shape index (κ1) is 19.2.